The number of Topliss-reactive ketones (excluding diaryl/α,β-unsaturated/α-hetero) is 1. The number of carbonyl (C=O) groups is 2. The summed E-state index contributed by atoms with van der Waals surface area (Å²) in [4.78, 5) is 26.1. The van der Waals surface area contributed by atoms with Crippen LogP contribution in [0.25, 0.3) is 11.8 Å². The fraction of sp³-hybridized carbons (Fsp3) is 0.581. The summed E-state index contributed by atoms with van der Waals surface area (Å²) < 4.78 is 21.5. The SMILES string of the molecule is CSSCC(=O)[C@@]1(OC(C)=O)CC[C@H]2[C@@H]3CCC4=Cc5c(cnn5-c5ccc(F)cc5)C[C@]4(C)[C@H]3[C@@H](O)C[C@@]21C. The van der Waals surface area contributed by atoms with Gasteiger partial charge in [-0.15, -0.1) is 0 Å². The average Bonchev–Trinajstić information content (AvgIpc) is 3.43. The van der Waals surface area contributed by atoms with E-state index >= 15 is 0 Å². The summed E-state index contributed by atoms with van der Waals surface area (Å²) in [6.07, 6.45) is 9.84. The minimum atomic E-state index is -1.19. The average molecular weight is 585 g/mol. The van der Waals surface area contributed by atoms with Crippen molar-refractivity contribution in [2.24, 2.45) is 28.6 Å². The molecule has 0 spiro atoms. The highest BCUT2D eigenvalue weighted by atomic mass is 33.1. The van der Waals surface area contributed by atoms with Crippen LogP contribution < -0.4 is 0 Å². The van der Waals surface area contributed by atoms with Crippen LogP contribution in [-0.4, -0.2) is 50.4 Å². The third-order valence-electron chi connectivity index (χ3n) is 10.7. The van der Waals surface area contributed by atoms with Crippen molar-refractivity contribution >= 4 is 39.4 Å². The molecule has 9 heteroatoms. The summed E-state index contributed by atoms with van der Waals surface area (Å²) in [5.41, 5.74) is 2.26. The largest absolute Gasteiger partial charge is 0.451 e. The van der Waals surface area contributed by atoms with E-state index in [0.717, 1.165) is 42.6 Å². The van der Waals surface area contributed by atoms with Gasteiger partial charge in [0.25, 0.3) is 0 Å². The van der Waals surface area contributed by atoms with Crippen LogP contribution in [0.4, 0.5) is 4.39 Å². The minimum absolute atomic E-state index is 0.0316. The van der Waals surface area contributed by atoms with Gasteiger partial charge in [0.15, 0.2) is 11.4 Å². The van der Waals surface area contributed by atoms with Gasteiger partial charge in [-0.1, -0.05) is 41.0 Å². The van der Waals surface area contributed by atoms with Gasteiger partial charge >= 0.3 is 5.97 Å². The summed E-state index contributed by atoms with van der Waals surface area (Å²) in [5.74, 6) is -0.00555. The van der Waals surface area contributed by atoms with Crippen LogP contribution in [0, 0.1) is 34.4 Å². The molecule has 1 aromatic carbocycles. The van der Waals surface area contributed by atoms with E-state index in [0.29, 0.717) is 12.8 Å². The van der Waals surface area contributed by atoms with Crippen molar-refractivity contribution in [2.45, 2.75) is 71.0 Å². The first-order valence-electron chi connectivity index (χ1n) is 14.1. The Hall–Kier alpha value is -2.10. The molecule has 40 heavy (non-hydrogen) atoms. The Bertz CT molecular complexity index is 1380. The summed E-state index contributed by atoms with van der Waals surface area (Å²) in [6.45, 7) is 5.77. The Morgan fingerprint density at radius 2 is 1.98 bits per heavy atom. The maximum Gasteiger partial charge on any atom is 0.303 e. The van der Waals surface area contributed by atoms with Gasteiger partial charge in [0.1, 0.15) is 5.82 Å². The molecule has 0 unspecified atom stereocenters. The van der Waals surface area contributed by atoms with E-state index in [1.54, 1.807) is 12.1 Å². The van der Waals surface area contributed by atoms with Gasteiger partial charge < -0.3 is 9.84 Å². The molecular weight excluding hydrogens is 547 g/mol. The van der Waals surface area contributed by atoms with E-state index in [9.17, 15) is 19.1 Å². The number of ketones is 1. The van der Waals surface area contributed by atoms with Gasteiger partial charge in [0, 0.05) is 12.3 Å². The summed E-state index contributed by atoms with van der Waals surface area (Å²) in [5, 5.41) is 16.6. The van der Waals surface area contributed by atoms with Crippen molar-refractivity contribution in [3.63, 3.8) is 0 Å². The molecule has 0 aliphatic heterocycles. The number of aliphatic hydroxyl groups is 1. The van der Waals surface area contributed by atoms with Crippen LogP contribution in [0.5, 0.6) is 0 Å². The van der Waals surface area contributed by atoms with Gasteiger partial charge in [-0.2, -0.15) is 5.10 Å². The zero-order valence-corrected chi connectivity index (χ0v) is 25.1. The number of carbonyl (C=O) groups excluding carboxylic acids is 2. The lowest BCUT2D eigenvalue weighted by molar-refractivity contribution is -0.198. The number of ether oxygens (including phenoxy) is 1. The molecule has 1 N–H and O–H groups in total. The third kappa shape index (κ3) is 4.05. The highest BCUT2D eigenvalue weighted by molar-refractivity contribution is 8.76. The molecule has 1 heterocycles. The zero-order chi connectivity index (χ0) is 28.4. The van der Waals surface area contributed by atoms with Gasteiger partial charge in [-0.05, 0) is 104 Å². The maximum absolute atomic E-state index is 13.7. The Morgan fingerprint density at radius 3 is 2.67 bits per heavy atom. The number of aromatic nitrogens is 2. The van der Waals surface area contributed by atoms with Crippen molar-refractivity contribution in [3.8, 4) is 5.69 Å². The number of esters is 1. The number of hydrogen-bond donors (Lipinski definition) is 1. The lowest BCUT2D eigenvalue weighted by atomic mass is 9.45. The fourth-order valence-corrected chi connectivity index (χ4v) is 10.3. The number of allylic oxidation sites excluding steroid dienone is 1. The maximum atomic E-state index is 13.7. The van der Waals surface area contributed by atoms with Crippen molar-refractivity contribution in [1.82, 2.24) is 9.78 Å². The topological polar surface area (TPSA) is 81.4 Å². The number of nitrogens with zero attached hydrogens (tertiary/aromatic N) is 2. The summed E-state index contributed by atoms with van der Waals surface area (Å²) in [7, 11) is 3.02. The lowest BCUT2D eigenvalue weighted by Gasteiger charge is -2.60. The summed E-state index contributed by atoms with van der Waals surface area (Å²) in [6, 6.07) is 6.39. The first-order valence-corrected chi connectivity index (χ1v) is 16.9. The van der Waals surface area contributed by atoms with Gasteiger partial charge in [-0.25, -0.2) is 9.07 Å². The van der Waals surface area contributed by atoms with E-state index in [4.69, 9.17) is 4.74 Å². The molecule has 3 fully saturated rings. The Kier molecular flexibility index (Phi) is 7.02. The number of benzene rings is 1. The number of rotatable bonds is 6. The van der Waals surface area contributed by atoms with Gasteiger partial charge in [-0.3, -0.25) is 9.59 Å². The van der Waals surface area contributed by atoms with Gasteiger partial charge in [0.2, 0.25) is 0 Å². The van der Waals surface area contributed by atoms with E-state index in [1.165, 1.54) is 46.2 Å². The molecule has 0 saturated heterocycles. The predicted molar refractivity (Wildman–Crippen MR) is 156 cm³/mol. The van der Waals surface area contributed by atoms with Crippen LogP contribution in [-0.2, 0) is 20.7 Å². The molecule has 6 nitrogen and oxygen atoms in total. The first kappa shape index (κ1) is 28.0. The zero-order valence-electron chi connectivity index (χ0n) is 23.5. The number of halogens is 1. The monoisotopic (exact) mass is 584 g/mol. The molecule has 4 aliphatic rings. The fourth-order valence-electron chi connectivity index (χ4n) is 9.12. The smallest absolute Gasteiger partial charge is 0.303 e. The van der Waals surface area contributed by atoms with Gasteiger partial charge in [0.05, 0.1) is 29.4 Å². The van der Waals surface area contributed by atoms with Crippen LogP contribution >= 0.6 is 21.6 Å². The standard InChI is InChI=1S/C31H37FN2O4S2/c1-18(35)38-31(27(37)17-40-39-4)12-11-24-23-10-5-20-13-25-19(16-33-34(25)22-8-6-21(32)7-9-22)14-29(20,2)28(23)26(36)15-30(24,31)3/h6-9,13,16,23-24,26,28,36H,5,10-12,14-15,17H2,1-4H3/t23-,24-,26-,28+,29-,30-,31-/m0/s1. The van der Waals surface area contributed by atoms with Crippen LogP contribution in [0.15, 0.2) is 36.0 Å². The van der Waals surface area contributed by atoms with Crippen molar-refractivity contribution in [2.75, 3.05) is 12.0 Å². The van der Waals surface area contributed by atoms with E-state index in [2.05, 4.69) is 25.0 Å². The quantitative estimate of drug-likeness (QED) is 0.327. The molecule has 0 amide bonds. The molecule has 7 atom stereocenters. The lowest BCUT2D eigenvalue weighted by Crippen LogP contribution is -2.63. The van der Waals surface area contributed by atoms with E-state index in [-0.39, 0.29) is 40.5 Å². The molecule has 1 aromatic heterocycles. The molecule has 3 saturated carbocycles. The van der Waals surface area contributed by atoms with Crippen LogP contribution in [0.2, 0.25) is 0 Å². The van der Waals surface area contributed by atoms with E-state index in [1.807, 2.05) is 17.1 Å². The molecule has 0 bridgehead atoms. The molecule has 0 radical (unpaired) electrons. The van der Waals surface area contributed by atoms with Crippen molar-refractivity contribution in [1.29, 1.82) is 0 Å². The highest BCUT2D eigenvalue weighted by Gasteiger charge is 2.70. The highest BCUT2D eigenvalue weighted by Crippen LogP contribution is 2.68. The molecule has 4 aliphatic carbocycles. The molecule has 2 aromatic rings. The second-order valence-corrected chi connectivity index (χ2v) is 15.1. The number of hydrogen-bond acceptors (Lipinski definition) is 7. The normalized spacial score (nSPS) is 36.1. The Balaban J connectivity index is 1.35. The second-order valence-electron chi connectivity index (χ2n) is 12.5. The summed E-state index contributed by atoms with van der Waals surface area (Å²) >= 11 is 0. The number of fused-ring (bicyclic) bond motifs is 6. The third-order valence-corrected chi connectivity index (χ3v) is 12.4. The minimum Gasteiger partial charge on any atom is -0.451 e. The molecule has 6 rings (SSSR count). The second kappa shape index (κ2) is 10.0. The first-order chi connectivity index (χ1) is 19.0. The predicted octanol–water partition coefficient (Wildman–Crippen LogP) is 6.05. The Labute approximate surface area is 242 Å². The van der Waals surface area contributed by atoms with Crippen molar-refractivity contribution in [3.05, 3.63) is 53.1 Å². The molecular formula is C31H37FN2O4S2. The Morgan fingerprint density at radius 1 is 1.23 bits per heavy atom. The number of aliphatic hydroxyl groups excluding tert-OH is 1. The molecule has 214 valence electrons. The van der Waals surface area contributed by atoms with Crippen LogP contribution in [0.1, 0.15) is 64.1 Å². The van der Waals surface area contributed by atoms with Crippen LogP contribution in [0.3, 0.4) is 0 Å². The van der Waals surface area contributed by atoms with Crippen molar-refractivity contribution < 1.29 is 23.8 Å². The van der Waals surface area contributed by atoms with E-state index < -0.39 is 23.1 Å².